The van der Waals surface area contributed by atoms with E-state index in [0.717, 1.165) is 17.5 Å². The first-order valence-electron chi connectivity index (χ1n) is 7.42. The number of hydrogen-bond donors (Lipinski definition) is 0. The maximum absolute atomic E-state index is 12.7. The summed E-state index contributed by atoms with van der Waals surface area (Å²) in [5.41, 5.74) is 3.44. The van der Waals surface area contributed by atoms with Crippen molar-refractivity contribution in [2.24, 2.45) is 0 Å². The highest BCUT2D eigenvalue weighted by Crippen LogP contribution is 2.23. The standard InChI is InChI=1S/C20H22O/c1-16(2)13-14-19(18-11-7-4-8-12-18)20(21)15-17-9-5-3-6-10-17/h3-13,19H,14-15H2,1-2H3. The van der Waals surface area contributed by atoms with E-state index >= 15 is 0 Å². The van der Waals surface area contributed by atoms with Gasteiger partial charge in [-0.1, -0.05) is 72.3 Å². The van der Waals surface area contributed by atoms with Crippen LogP contribution in [0, 0.1) is 0 Å². The molecule has 0 amide bonds. The molecule has 2 rings (SSSR count). The van der Waals surface area contributed by atoms with E-state index in [4.69, 9.17) is 0 Å². The van der Waals surface area contributed by atoms with Gasteiger partial charge in [0.2, 0.25) is 0 Å². The Morgan fingerprint density at radius 1 is 0.952 bits per heavy atom. The molecule has 0 aliphatic heterocycles. The van der Waals surface area contributed by atoms with Crippen molar-refractivity contribution in [3.63, 3.8) is 0 Å². The molecule has 108 valence electrons. The number of rotatable bonds is 6. The summed E-state index contributed by atoms with van der Waals surface area (Å²) in [6.07, 6.45) is 3.43. The fourth-order valence-electron chi connectivity index (χ4n) is 2.41. The summed E-state index contributed by atoms with van der Waals surface area (Å²) >= 11 is 0. The van der Waals surface area contributed by atoms with Crippen molar-refractivity contribution in [3.8, 4) is 0 Å². The third-order valence-corrected chi connectivity index (χ3v) is 3.57. The molecule has 0 N–H and O–H groups in total. The summed E-state index contributed by atoms with van der Waals surface area (Å²) in [4.78, 5) is 12.7. The molecule has 0 aromatic heterocycles. The first kappa shape index (κ1) is 15.2. The highest BCUT2D eigenvalue weighted by molar-refractivity contribution is 5.87. The SMILES string of the molecule is CC(C)=CCC(C(=O)Cc1ccccc1)c1ccccc1. The van der Waals surface area contributed by atoms with Crippen molar-refractivity contribution in [1.29, 1.82) is 0 Å². The van der Waals surface area contributed by atoms with Crippen molar-refractivity contribution in [2.75, 3.05) is 0 Å². The molecule has 0 aliphatic rings. The summed E-state index contributed by atoms with van der Waals surface area (Å²) in [6.45, 7) is 4.15. The molecule has 0 spiro atoms. The smallest absolute Gasteiger partial charge is 0.145 e. The number of ketones is 1. The Balaban J connectivity index is 2.18. The van der Waals surface area contributed by atoms with E-state index in [0.29, 0.717) is 6.42 Å². The fourth-order valence-corrected chi connectivity index (χ4v) is 2.41. The van der Waals surface area contributed by atoms with E-state index < -0.39 is 0 Å². The Bertz CT molecular complexity index is 592. The van der Waals surface area contributed by atoms with Gasteiger partial charge in [0, 0.05) is 12.3 Å². The van der Waals surface area contributed by atoms with Crippen LogP contribution in [-0.2, 0) is 11.2 Å². The second-order valence-electron chi connectivity index (χ2n) is 5.61. The zero-order valence-electron chi connectivity index (χ0n) is 12.8. The minimum Gasteiger partial charge on any atom is -0.299 e. The van der Waals surface area contributed by atoms with E-state index in [1.165, 1.54) is 5.57 Å². The lowest BCUT2D eigenvalue weighted by Gasteiger charge is -2.15. The van der Waals surface area contributed by atoms with Gasteiger partial charge in [0.05, 0.1) is 0 Å². The third kappa shape index (κ3) is 4.71. The highest BCUT2D eigenvalue weighted by Gasteiger charge is 2.19. The first-order chi connectivity index (χ1) is 10.2. The lowest BCUT2D eigenvalue weighted by molar-refractivity contribution is -0.119. The summed E-state index contributed by atoms with van der Waals surface area (Å²) in [5.74, 6) is 0.228. The molecule has 2 aromatic carbocycles. The number of benzene rings is 2. The number of Topliss-reactive ketones (excluding diaryl/α,β-unsaturated/α-hetero) is 1. The zero-order valence-corrected chi connectivity index (χ0v) is 12.8. The van der Waals surface area contributed by atoms with Gasteiger partial charge in [-0.05, 0) is 31.4 Å². The van der Waals surface area contributed by atoms with Gasteiger partial charge in [0.25, 0.3) is 0 Å². The summed E-state index contributed by atoms with van der Waals surface area (Å²) in [6, 6.07) is 20.1. The van der Waals surface area contributed by atoms with Gasteiger partial charge in [-0.3, -0.25) is 4.79 Å². The van der Waals surface area contributed by atoms with Crippen LogP contribution in [0.5, 0.6) is 0 Å². The minimum atomic E-state index is -0.0543. The Kier molecular flexibility index (Phi) is 5.51. The van der Waals surface area contributed by atoms with Crippen LogP contribution in [0.25, 0.3) is 0 Å². The maximum Gasteiger partial charge on any atom is 0.145 e. The van der Waals surface area contributed by atoms with Crippen LogP contribution in [0.1, 0.15) is 37.3 Å². The van der Waals surface area contributed by atoms with Crippen LogP contribution in [0.3, 0.4) is 0 Å². The minimum absolute atomic E-state index is 0.0543. The van der Waals surface area contributed by atoms with Gasteiger partial charge >= 0.3 is 0 Å². The summed E-state index contributed by atoms with van der Waals surface area (Å²) in [5, 5.41) is 0. The van der Waals surface area contributed by atoms with Gasteiger partial charge in [-0.25, -0.2) is 0 Å². The molecule has 0 bridgehead atoms. The molecule has 1 atom stereocenters. The van der Waals surface area contributed by atoms with E-state index in [1.807, 2.05) is 60.7 Å². The Morgan fingerprint density at radius 2 is 1.52 bits per heavy atom. The third-order valence-electron chi connectivity index (χ3n) is 3.57. The maximum atomic E-state index is 12.7. The average molecular weight is 278 g/mol. The summed E-state index contributed by atoms with van der Waals surface area (Å²) in [7, 11) is 0. The van der Waals surface area contributed by atoms with Crippen LogP contribution in [0.15, 0.2) is 72.3 Å². The molecular formula is C20H22O. The number of carbonyl (C=O) groups is 1. The normalized spacial score (nSPS) is 11.7. The lowest BCUT2D eigenvalue weighted by atomic mass is 9.88. The molecule has 0 fully saturated rings. The Labute approximate surface area is 127 Å². The van der Waals surface area contributed by atoms with E-state index in [2.05, 4.69) is 19.9 Å². The Morgan fingerprint density at radius 3 is 2.10 bits per heavy atom. The molecule has 1 nitrogen and oxygen atoms in total. The van der Waals surface area contributed by atoms with Gasteiger partial charge in [0.1, 0.15) is 5.78 Å². The molecular weight excluding hydrogens is 256 g/mol. The monoisotopic (exact) mass is 278 g/mol. The van der Waals surface area contributed by atoms with Crippen molar-refractivity contribution in [3.05, 3.63) is 83.4 Å². The van der Waals surface area contributed by atoms with E-state index in [9.17, 15) is 4.79 Å². The molecule has 0 saturated heterocycles. The molecule has 0 heterocycles. The predicted octanol–water partition coefficient (Wildman–Crippen LogP) is 4.94. The second-order valence-corrected chi connectivity index (χ2v) is 5.61. The van der Waals surface area contributed by atoms with Crippen molar-refractivity contribution in [1.82, 2.24) is 0 Å². The molecule has 21 heavy (non-hydrogen) atoms. The molecule has 1 heteroatoms. The molecule has 0 aliphatic carbocycles. The van der Waals surface area contributed by atoms with E-state index in [-0.39, 0.29) is 11.7 Å². The topological polar surface area (TPSA) is 17.1 Å². The lowest BCUT2D eigenvalue weighted by Crippen LogP contribution is -2.14. The summed E-state index contributed by atoms with van der Waals surface area (Å²) < 4.78 is 0. The van der Waals surface area contributed by atoms with Crippen LogP contribution in [0.2, 0.25) is 0 Å². The van der Waals surface area contributed by atoms with Crippen LogP contribution in [0.4, 0.5) is 0 Å². The predicted molar refractivity (Wildman–Crippen MR) is 88.4 cm³/mol. The number of carbonyl (C=O) groups excluding carboxylic acids is 1. The first-order valence-corrected chi connectivity index (χ1v) is 7.42. The highest BCUT2D eigenvalue weighted by atomic mass is 16.1. The van der Waals surface area contributed by atoms with E-state index in [1.54, 1.807) is 0 Å². The largest absolute Gasteiger partial charge is 0.299 e. The average Bonchev–Trinajstić information content (AvgIpc) is 2.49. The van der Waals surface area contributed by atoms with Crippen LogP contribution < -0.4 is 0 Å². The zero-order chi connectivity index (χ0) is 15.1. The van der Waals surface area contributed by atoms with Crippen molar-refractivity contribution >= 4 is 5.78 Å². The van der Waals surface area contributed by atoms with Crippen LogP contribution in [-0.4, -0.2) is 5.78 Å². The fraction of sp³-hybridized carbons (Fsp3) is 0.250. The van der Waals surface area contributed by atoms with Gasteiger partial charge < -0.3 is 0 Å². The number of allylic oxidation sites excluding steroid dienone is 2. The van der Waals surface area contributed by atoms with Crippen LogP contribution >= 0.6 is 0 Å². The van der Waals surface area contributed by atoms with Gasteiger partial charge in [-0.2, -0.15) is 0 Å². The molecule has 0 saturated carbocycles. The Hall–Kier alpha value is -2.15. The number of hydrogen-bond acceptors (Lipinski definition) is 1. The quantitative estimate of drug-likeness (QED) is 0.684. The van der Waals surface area contributed by atoms with Gasteiger partial charge in [0.15, 0.2) is 0 Å². The van der Waals surface area contributed by atoms with Crippen molar-refractivity contribution < 1.29 is 4.79 Å². The van der Waals surface area contributed by atoms with Gasteiger partial charge in [-0.15, -0.1) is 0 Å². The second kappa shape index (κ2) is 7.58. The van der Waals surface area contributed by atoms with Crippen molar-refractivity contribution in [2.45, 2.75) is 32.6 Å². The molecule has 1 unspecified atom stereocenters. The molecule has 2 aromatic rings. The molecule has 0 radical (unpaired) electrons.